The van der Waals surface area contributed by atoms with Gasteiger partial charge in [0.1, 0.15) is 0 Å². The third-order valence-electron chi connectivity index (χ3n) is 4.37. The van der Waals surface area contributed by atoms with Crippen molar-refractivity contribution >= 4 is 22.7 Å². The average Bonchev–Trinajstić information content (AvgIpc) is 2.70. The molecular formula is C21H22N4O4. The number of nitrogens with one attached hydrogen (secondary N) is 1. The van der Waals surface area contributed by atoms with Crippen LogP contribution in [0.1, 0.15) is 16.7 Å². The minimum atomic E-state index is -0.439. The molecule has 0 unspecified atom stereocenters. The molecule has 0 fully saturated rings. The summed E-state index contributed by atoms with van der Waals surface area (Å²) in [6, 6.07) is 19.6. The highest BCUT2D eigenvalue weighted by molar-refractivity contribution is 5.60. The van der Waals surface area contributed by atoms with E-state index >= 15 is 0 Å². The quantitative estimate of drug-likeness (QED) is 0.356. The van der Waals surface area contributed by atoms with E-state index in [1.54, 1.807) is 32.0 Å². The Morgan fingerprint density at radius 2 is 1.34 bits per heavy atom. The highest BCUT2D eigenvalue weighted by Gasteiger charge is 2.12. The number of hydrogen-bond acceptors (Lipinski definition) is 6. The zero-order valence-corrected chi connectivity index (χ0v) is 16.2. The zero-order chi connectivity index (χ0) is 21.4. The average molecular weight is 394 g/mol. The Hall–Kier alpha value is -3.94. The van der Waals surface area contributed by atoms with Gasteiger partial charge in [-0.1, -0.05) is 42.5 Å². The van der Waals surface area contributed by atoms with Gasteiger partial charge in [-0.05, 0) is 31.5 Å². The molecule has 3 aromatic rings. The lowest BCUT2D eigenvalue weighted by atomic mass is 10.1. The first-order chi connectivity index (χ1) is 13.8. The molecule has 0 aliphatic carbocycles. The standard InChI is InChI=1S/C14H14N2O2.C7H8N2O2/c1-11-13(8-5-9-14(11)16(17)18)15-10-12-6-3-2-4-7-12;1-5-6(8)3-2-4-7(5)9(10)11/h2-9,15H,10H2,1H3;2-4H,8H2,1H3. The van der Waals surface area contributed by atoms with Gasteiger partial charge in [0, 0.05) is 41.2 Å². The minimum absolute atomic E-state index is 0.0741. The summed E-state index contributed by atoms with van der Waals surface area (Å²) < 4.78 is 0. The molecule has 3 aromatic carbocycles. The molecule has 0 bridgehead atoms. The van der Waals surface area contributed by atoms with Gasteiger partial charge in [0.2, 0.25) is 0 Å². The second kappa shape index (κ2) is 9.84. The third kappa shape index (κ3) is 5.77. The summed E-state index contributed by atoms with van der Waals surface area (Å²) in [5.41, 5.74) is 9.26. The fourth-order valence-electron chi connectivity index (χ4n) is 2.64. The molecule has 150 valence electrons. The smallest absolute Gasteiger partial charge is 0.274 e. The molecule has 29 heavy (non-hydrogen) atoms. The van der Waals surface area contributed by atoms with Crippen LogP contribution in [0.15, 0.2) is 66.7 Å². The number of hydrogen-bond donors (Lipinski definition) is 2. The molecule has 0 heterocycles. The zero-order valence-electron chi connectivity index (χ0n) is 16.2. The van der Waals surface area contributed by atoms with Crippen LogP contribution in [0.4, 0.5) is 22.7 Å². The monoisotopic (exact) mass is 394 g/mol. The van der Waals surface area contributed by atoms with E-state index in [9.17, 15) is 20.2 Å². The van der Waals surface area contributed by atoms with Gasteiger partial charge in [-0.25, -0.2) is 0 Å². The third-order valence-corrected chi connectivity index (χ3v) is 4.37. The number of nitro benzene ring substituents is 2. The highest BCUT2D eigenvalue weighted by atomic mass is 16.6. The Morgan fingerprint density at radius 3 is 1.90 bits per heavy atom. The van der Waals surface area contributed by atoms with Crippen molar-refractivity contribution in [1.29, 1.82) is 0 Å². The predicted molar refractivity (Wildman–Crippen MR) is 114 cm³/mol. The van der Waals surface area contributed by atoms with Crippen molar-refractivity contribution < 1.29 is 9.85 Å². The SMILES string of the molecule is Cc1c(N)cccc1[N+](=O)[O-].Cc1c(NCc2ccccc2)cccc1[N+](=O)[O-]. The van der Waals surface area contributed by atoms with Crippen LogP contribution in [0.25, 0.3) is 0 Å². The maximum absolute atomic E-state index is 10.8. The lowest BCUT2D eigenvalue weighted by Gasteiger charge is -2.09. The summed E-state index contributed by atoms with van der Waals surface area (Å²) in [5.74, 6) is 0. The van der Waals surface area contributed by atoms with Crippen LogP contribution in [0, 0.1) is 34.1 Å². The second-order valence-corrected chi connectivity index (χ2v) is 6.29. The molecule has 3 rings (SSSR count). The van der Waals surface area contributed by atoms with Crippen molar-refractivity contribution in [3.8, 4) is 0 Å². The number of rotatable bonds is 5. The first-order valence-electron chi connectivity index (χ1n) is 8.82. The first kappa shape index (κ1) is 21.4. The topological polar surface area (TPSA) is 124 Å². The molecular weight excluding hydrogens is 372 g/mol. The van der Waals surface area contributed by atoms with Gasteiger partial charge in [0.05, 0.1) is 9.85 Å². The van der Waals surface area contributed by atoms with Crippen molar-refractivity contribution in [2.24, 2.45) is 0 Å². The predicted octanol–water partition coefficient (Wildman–Crippen LogP) is 5.00. The van der Waals surface area contributed by atoms with Crippen molar-refractivity contribution in [3.05, 3.63) is 104 Å². The Labute approximate surface area is 168 Å². The van der Waals surface area contributed by atoms with Crippen molar-refractivity contribution in [2.45, 2.75) is 20.4 Å². The van der Waals surface area contributed by atoms with Gasteiger partial charge in [-0.2, -0.15) is 0 Å². The molecule has 0 amide bonds. The Kier molecular flexibility index (Phi) is 7.25. The van der Waals surface area contributed by atoms with Crippen LogP contribution in [-0.2, 0) is 6.54 Å². The van der Waals surface area contributed by atoms with Crippen LogP contribution < -0.4 is 11.1 Å². The van der Waals surface area contributed by atoms with E-state index < -0.39 is 4.92 Å². The molecule has 0 radical (unpaired) electrons. The van der Waals surface area contributed by atoms with Crippen LogP contribution in [-0.4, -0.2) is 9.85 Å². The molecule has 0 aliphatic rings. The molecule has 8 nitrogen and oxygen atoms in total. The summed E-state index contributed by atoms with van der Waals surface area (Å²) in [6.45, 7) is 4.04. The lowest BCUT2D eigenvalue weighted by molar-refractivity contribution is -0.385. The summed E-state index contributed by atoms with van der Waals surface area (Å²) in [5, 5.41) is 24.4. The Bertz CT molecular complexity index is 1010. The first-order valence-corrected chi connectivity index (χ1v) is 8.82. The van der Waals surface area contributed by atoms with E-state index in [-0.39, 0.29) is 16.3 Å². The number of nitrogens with two attached hydrogens (primary N) is 1. The maximum Gasteiger partial charge on any atom is 0.274 e. The number of benzene rings is 3. The largest absolute Gasteiger partial charge is 0.398 e. The van der Waals surface area contributed by atoms with Gasteiger partial charge in [0.25, 0.3) is 11.4 Å². The van der Waals surface area contributed by atoms with Crippen molar-refractivity contribution in [1.82, 2.24) is 0 Å². The number of anilines is 2. The number of nitrogens with zero attached hydrogens (tertiary/aromatic N) is 2. The molecule has 0 atom stereocenters. The van der Waals surface area contributed by atoms with E-state index in [2.05, 4.69) is 5.32 Å². The van der Waals surface area contributed by atoms with Crippen LogP contribution in [0.2, 0.25) is 0 Å². The molecule has 0 aliphatic heterocycles. The summed E-state index contributed by atoms with van der Waals surface area (Å²) in [7, 11) is 0. The Morgan fingerprint density at radius 1 is 0.793 bits per heavy atom. The van der Waals surface area contributed by atoms with E-state index in [1.165, 1.54) is 12.1 Å². The summed E-state index contributed by atoms with van der Waals surface area (Å²) in [4.78, 5) is 20.4. The van der Waals surface area contributed by atoms with E-state index in [0.717, 1.165) is 11.3 Å². The van der Waals surface area contributed by atoms with Gasteiger partial charge >= 0.3 is 0 Å². The van der Waals surface area contributed by atoms with Crippen LogP contribution in [0.3, 0.4) is 0 Å². The van der Waals surface area contributed by atoms with Crippen LogP contribution in [0.5, 0.6) is 0 Å². The molecule has 0 saturated heterocycles. The van der Waals surface area contributed by atoms with Crippen molar-refractivity contribution in [3.63, 3.8) is 0 Å². The summed E-state index contributed by atoms with van der Waals surface area (Å²) >= 11 is 0. The molecule has 0 spiro atoms. The second-order valence-electron chi connectivity index (χ2n) is 6.29. The van der Waals surface area contributed by atoms with E-state index in [0.29, 0.717) is 23.4 Å². The van der Waals surface area contributed by atoms with E-state index in [1.807, 2.05) is 36.4 Å². The summed E-state index contributed by atoms with van der Waals surface area (Å²) in [6.07, 6.45) is 0. The molecule has 0 aromatic heterocycles. The fraction of sp³-hybridized carbons (Fsp3) is 0.143. The number of nitrogen functional groups attached to an aromatic ring is 1. The number of nitro groups is 2. The van der Waals surface area contributed by atoms with Gasteiger partial charge in [-0.3, -0.25) is 20.2 Å². The molecule has 0 saturated carbocycles. The van der Waals surface area contributed by atoms with Crippen molar-refractivity contribution in [2.75, 3.05) is 11.1 Å². The van der Waals surface area contributed by atoms with Crippen LogP contribution >= 0.6 is 0 Å². The maximum atomic E-state index is 10.8. The minimum Gasteiger partial charge on any atom is -0.398 e. The van der Waals surface area contributed by atoms with E-state index in [4.69, 9.17) is 5.73 Å². The lowest BCUT2D eigenvalue weighted by Crippen LogP contribution is -2.02. The molecule has 8 heteroatoms. The molecule has 3 N–H and O–H groups in total. The fourth-order valence-corrected chi connectivity index (χ4v) is 2.64. The normalized spacial score (nSPS) is 9.86. The Balaban J connectivity index is 0.000000234. The highest BCUT2D eigenvalue weighted by Crippen LogP contribution is 2.25. The van der Waals surface area contributed by atoms with Gasteiger partial charge < -0.3 is 11.1 Å². The van der Waals surface area contributed by atoms with Gasteiger partial charge in [0.15, 0.2) is 0 Å². The van der Waals surface area contributed by atoms with Gasteiger partial charge in [-0.15, -0.1) is 0 Å².